The molecule has 3 rings (SSSR count). The molecule has 7 heteroatoms. The molecule has 6 nitrogen and oxygen atoms in total. The summed E-state index contributed by atoms with van der Waals surface area (Å²) in [6.45, 7) is 5.09. The number of nitrogens with one attached hydrogen (secondary N) is 1. The highest BCUT2D eigenvalue weighted by atomic mass is 32.2. The molecule has 1 aromatic rings. The Kier molecular flexibility index (Phi) is 4.83. The Hall–Kier alpha value is -1.60. The molecule has 2 fully saturated rings. The number of methoxy groups -OCH3 is 1. The first-order valence-corrected chi connectivity index (χ1v) is 9.92. The molecule has 0 spiro atoms. The van der Waals surface area contributed by atoms with Gasteiger partial charge in [-0.2, -0.15) is 0 Å². The van der Waals surface area contributed by atoms with Gasteiger partial charge in [0.2, 0.25) is 5.91 Å². The maximum Gasteiger partial charge on any atom is 0.226 e. The van der Waals surface area contributed by atoms with Crippen molar-refractivity contribution in [2.45, 2.75) is 11.8 Å². The van der Waals surface area contributed by atoms with E-state index in [1.165, 1.54) is 19.2 Å². The second-order valence-corrected chi connectivity index (χ2v) is 8.81. The maximum atomic E-state index is 12.6. The maximum absolute atomic E-state index is 12.6. The van der Waals surface area contributed by atoms with E-state index in [2.05, 4.69) is 5.32 Å². The number of hydrogen-bond acceptors (Lipinski definition) is 5. The summed E-state index contributed by atoms with van der Waals surface area (Å²) in [7, 11) is -1.96. The minimum absolute atomic E-state index is 0.0542. The minimum Gasteiger partial charge on any atom is -0.497 e. The molecule has 0 saturated carbocycles. The summed E-state index contributed by atoms with van der Waals surface area (Å²) in [5, 5.41) is 3.34. The second kappa shape index (κ2) is 6.72. The molecule has 3 atom stereocenters. The Morgan fingerprint density at radius 1 is 1.25 bits per heavy atom. The Morgan fingerprint density at radius 2 is 1.83 bits per heavy atom. The van der Waals surface area contributed by atoms with Crippen LogP contribution >= 0.6 is 0 Å². The van der Waals surface area contributed by atoms with Crippen LogP contribution in [0, 0.1) is 17.8 Å². The van der Waals surface area contributed by atoms with Crippen LogP contribution in [0.5, 0.6) is 5.75 Å². The number of sulfone groups is 1. The Labute approximate surface area is 143 Å². The number of hydrogen-bond donors (Lipinski definition) is 1. The molecule has 0 aliphatic carbocycles. The van der Waals surface area contributed by atoms with Gasteiger partial charge in [0.15, 0.2) is 9.84 Å². The van der Waals surface area contributed by atoms with Gasteiger partial charge in [0.1, 0.15) is 5.75 Å². The topological polar surface area (TPSA) is 75.7 Å². The second-order valence-electron chi connectivity index (χ2n) is 6.78. The van der Waals surface area contributed by atoms with Crippen molar-refractivity contribution in [1.82, 2.24) is 10.2 Å². The third-order valence-electron chi connectivity index (χ3n) is 5.01. The van der Waals surface area contributed by atoms with Gasteiger partial charge in [-0.1, -0.05) is 6.92 Å². The van der Waals surface area contributed by atoms with Crippen molar-refractivity contribution in [2.75, 3.05) is 39.0 Å². The highest BCUT2D eigenvalue weighted by Gasteiger charge is 2.39. The van der Waals surface area contributed by atoms with Crippen molar-refractivity contribution in [3.63, 3.8) is 0 Å². The highest BCUT2D eigenvalue weighted by molar-refractivity contribution is 7.91. The number of carbonyl (C=O) groups is 1. The number of nitrogens with zero attached hydrogens (tertiary/aromatic N) is 1. The summed E-state index contributed by atoms with van der Waals surface area (Å²) in [5.41, 5.74) is 0. The molecule has 2 aliphatic heterocycles. The zero-order valence-electron chi connectivity index (χ0n) is 14.1. The van der Waals surface area contributed by atoms with Gasteiger partial charge in [-0.05, 0) is 36.1 Å². The van der Waals surface area contributed by atoms with Gasteiger partial charge in [-0.3, -0.25) is 4.79 Å². The molecule has 1 aromatic carbocycles. The van der Waals surface area contributed by atoms with Crippen LogP contribution in [0.1, 0.15) is 6.92 Å². The Bertz CT molecular complexity index is 690. The van der Waals surface area contributed by atoms with Crippen molar-refractivity contribution in [3.05, 3.63) is 24.3 Å². The fourth-order valence-electron chi connectivity index (χ4n) is 3.63. The van der Waals surface area contributed by atoms with Gasteiger partial charge in [0.05, 0.1) is 17.8 Å². The van der Waals surface area contributed by atoms with E-state index in [9.17, 15) is 13.2 Å². The van der Waals surface area contributed by atoms with E-state index in [1.54, 1.807) is 19.1 Å². The lowest BCUT2D eigenvalue weighted by Gasteiger charge is -2.22. The average Bonchev–Trinajstić information content (AvgIpc) is 3.15. The first-order valence-electron chi connectivity index (χ1n) is 8.27. The fourth-order valence-corrected chi connectivity index (χ4v) is 5.17. The minimum atomic E-state index is -3.49. The summed E-state index contributed by atoms with van der Waals surface area (Å²) in [6, 6.07) is 6.29. The van der Waals surface area contributed by atoms with Gasteiger partial charge in [-0.15, -0.1) is 0 Å². The van der Waals surface area contributed by atoms with Crippen LogP contribution in [0.3, 0.4) is 0 Å². The Balaban J connectivity index is 1.64. The first-order chi connectivity index (χ1) is 11.4. The zero-order chi connectivity index (χ0) is 17.3. The molecular formula is C17H24N2O4S. The van der Waals surface area contributed by atoms with E-state index in [-0.39, 0.29) is 16.6 Å². The van der Waals surface area contributed by atoms with Gasteiger partial charge in [0.25, 0.3) is 0 Å². The van der Waals surface area contributed by atoms with E-state index >= 15 is 0 Å². The summed E-state index contributed by atoms with van der Waals surface area (Å²) < 4.78 is 30.1. The molecule has 2 heterocycles. The van der Waals surface area contributed by atoms with Crippen LogP contribution < -0.4 is 10.1 Å². The van der Waals surface area contributed by atoms with Crippen LogP contribution in [0.15, 0.2) is 29.2 Å². The van der Waals surface area contributed by atoms with Crippen LogP contribution in [-0.2, 0) is 14.6 Å². The molecule has 24 heavy (non-hydrogen) atoms. The summed E-state index contributed by atoms with van der Waals surface area (Å²) in [4.78, 5) is 14.7. The van der Waals surface area contributed by atoms with E-state index in [1.807, 2.05) is 4.90 Å². The fraction of sp³-hybridized carbons (Fsp3) is 0.588. The number of benzene rings is 1. The largest absolute Gasteiger partial charge is 0.497 e. The molecule has 1 amide bonds. The number of rotatable bonds is 5. The quantitative estimate of drug-likeness (QED) is 0.848. The molecule has 1 N–H and O–H groups in total. The lowest BCUT2D eigenvalue weighted by Crippen LogP contribution is -2.37. The summed E-state index contributed by atoms with van der Waals surface area (Å²) in [5.74, 6) is 0.877. The van der Waals surface area contributed by atoms with E-state index in [0.717, 1.165) is 26.2 Å². The van der Waals surface area contributed by atoms with Crippen molar-refractivity contribution in [3.8, 4) is 5.75 Å². The van der Waals surface area contributed by atoms with E-state index < -0.39 is 15.8 Å². The molecule has 0 bridgehead atoms. The number of likely N-dealkylation sites (tertiary alicyclic amines) is 1. The number of amides is 1. The summed E-state index contributed by atoms with van der Waals surface area (Å²) >= 11 is 0. The van der Waals surface area contributed by atoms with Gasteiger partial charge < -0.3 is 15.0 Å². The molecule has 132 valence electrons. The highest BCUT2D eigenvalue weighted by Crippen LogP contribution is 2.28. The molecule has 0 radical (unpaired) electrons. The molecule has 1 unspecified atom stereocenters. The van der Waals surface area contributed by atoms with Gasteiger partial charge in [-0.25, -0.2) is 8.42 Å². The standard InChI is InChI=1S/C17H24N2O4S/c1-12(17(20)19-9-13-7-18-8-14(13)10-19)11-24(21,22)16-5-3-15(23-2)4-6-16/h3-6,12-14,18H,7-11H2,1-2H3/t12?,13-,14+. The van der Waals surface area contributed by atoms with Crippen LogP contribution in [0.2, 0.25) is 0 Å². The first kappa shape index (κ1) is 17.2. The molecular weight excluding hydrogens is 328 g/mol. The summed E-state index contributed by atoms with van der Waals surface area (Å²) in [6.07, 6.45) is 0. The van der Waals surface area contributed by atoms with Crippen molar-refractivity contribution < 1.29 is 17.9 Å². The SMILES string of the molecule is COc1ccc(S(=O)(=O)CC(C)C(=O)N2C[C@H]3CNC[C@H]3C2)cc1. The zero-order valence-corrected chi connectivity index (χ0v) is 14.9. The van der Waals surface area contributed by atoms with Gasteiger partial charge >= 0.3 is 0 Å². The molecule has 2 aliphatic rings. The molecule has 0 aromatic heterocycles. The third-order valence-corrected chi connectivity index (χ3v) is 6.94. The van der Waals surface area contributed by atoms with Crippen LogP contribution in [0.4, 0.5) is 0 Å². The van der Waals surface area contributed by atoms with Crippen molar-refractivity contribution >= 4 is 15.7 Å². The van der Waals surface area contributed by atoms with Crippen molar-refractivity contribution in [1.29, 1.82) is 0 Å². The lowest BCUT2D eigenvalue weighted by atomic mass is 10.0. The Morgan fingerprint density at radius 3 is 2.38 bits per heavy atom. The van der Waals surface area contributed by atoms with E-state index in [0.29, 0.717) is 17.6 Å². The smallest absolute Gasteiger partial charge is 0.226 e. The monoisotopic (exact) mass is 352 g/mol. The lowest BCUT2D eigenvalue weighted by molar-refractivity contribution is -0.133. The molecule has 2 saturated heterocycles. The predicted molar refractivity (Wildman–Crippen MR) is 90.6 cm³/mol. The van der Waals surface area contributed by atoms with Crippen LogP contribution in [0.25, 0.3) is 0 Å². The number of carbonyl (C=O) groups excluding carboxylic acids is 1. The number of fused-ring (bicyclic) bond motifs is 1. The van der Waals surface area contributed by atoms with E-state index in [4.69, 9.17) is 4.74 Å². The third kappa shape index (κ3) is 3.42. The average molecular weight is 352 g/mol. The van der Waals surface area contributed by atoms with Gasteiger partial charge in [0, 0.05) is 32.1 Å². The number of ether oxygens (including phenoxy) is 1. The van der Waals surface area contributed by atoms with Crippen molar-refractivity contribution in [2.24, 2.45) is 17.8 Å². The predicted octanol–water partition coefficient (Wildman–Crippen LogP) is 0.783. The normalized spacial score (nSPS) is 24.7. The van der Waals surface area contributed by atoms with Crippen LogP contribution in [-0.4, -0.2) is 58.3 Å².